The Morgan fingerprint density at radius 3 is 2.61 bits per heavy atom. The van der Waals surface area contributed by atoms with Crippen LogP contribution in [0.1, 0.15) is 44.8 Å². The van der Waals surface area contributed by atoms with Crippen molar-refractivity contribution in [3.63, 3.8) is 0 Å². The first kappa shape index (κ1) is 15.8. The van der Waals surface area contributed by atoms with Crippen molar-refractivity contribution in [2.45, 2.75) is 45.3 Å². The van der Waals surface area contributed by atoms with Crippen LogP contribution in [0.4, 0.5) is 0 Å². The van der Waals surface area contributed by atoms with E-state index in [1.165, 1.54) is 0 Å². The molecule has 0 heterocycles. The first-order valence-electron chi connectivity index (χ1n) is 6.44. The Balaban J connectivity index is 2.59. The van der Waals surface area contributed by atoms with Crippen LogP contribution in [0.3, 0.4) is 0 Å². The quantitative estimate of drug-likeness (QED) is 0.789. The van der Waals surface area contributed by atoms with E-state index in [0.29, 0.717) is 28.2 Å². The van der Waals surface area contributed by atoms with Crippen LogP contribution in [0.2, 0.25) is 10.0 Å². The highest BCUT2D eigenvalue weighted by Gasteiger charge is 2.14. The molecular weight excluding hydrogens is 269 g/mol. The summed E-state index contributed by atoms with van der Waals surface area (Å²) in [6, 6.07) is 5.60. The molecule has 0 bridgehead atoms. The largest absolute Gasteiger partial charge is 0.387 e. The highest BCUT2D eigenvalue weighted by Crippen LogP contribution is 2.26. The molecule has 2 N–H and O–H groups in total. The summed E-state index contributed by atoms with van der Waals surface area (Å²) in [7, 11) is 0. The molecule has 0 aliphatic carbocycles. The topological polar surface area (TPSA) is 32.3 Å². The van der Waals surface area contributed by atoms with E-state index < -0.39 is 6.10 Å². The number of rotatable bonds is 7. The number of hydrogen-bond donors (Lipinski definition) is 2. The maximum absolute atomic E-state index is 10.1. The molecule has 102 valence electrons. The van der Waals surface area contributed by atoms with Crippen LogP contribution >= 0.6 is 23.2 Å². The number of halogens is 2. The summed E-state index contributed by atoms with van der Waals surface area (Å²) in [6.45, 7) is 4.80. The Bertz CT molecular complexity index is 371. The summed E-state index contributed by atoms with van der Waals surface area (Å²) in [5, 5.41) is 14.6. The monoisotopic (exact) mass is 289 g/mol. The van der Waals surface area contributed by atoms with Crippen molar-refractivity contribution >= 4 is 23.2 Å². The van der Waals surface area contributed by atoms with Gasteiger partial charge in [0.15, 0.2) is 0 Å². The average molecular weight is 290 g/mol. The van der Waals surface area contributed by atoms with Crippen LogP contribution < -0.4 is 5.32 Å². The minimum atomic E-state index is -0.623. The van der Waals surface area contributed by atoms with Crippen molar-refractivity contribution in [3.8, 4) is 0 Å². The van der Waals surface area contributed by atoms with Gasteiger partial charge in [0, 0.05) is 28.2 Å². The van der Waals surface area contributed by atoms with E-state index in [1.54, 1.807) is 18.2 Å². The van der Waals surface area contributed by atoms with Crippen LogP contribution in [-0.2, 0) is 0 Å². The lowest BCUT2D eigenvalue weighted by atomic mass is 10.1. The molecule has 0 spiro atoms. The minimum absolute atomic E-state index is 0.447. The van der Waals surface area contributed by atoms with E-state index in [4.69, 9.17) is 23.2 Å². The summed E-state index contributed by atoms with van der Waals surface area (Å²) in [4.78, 5) is 0. The molecule has 2 atom stereocenters. The summed E-state index contributed by atoms with van der Waals surface area (Å²) in [6.07, 6.45) is 2.69. The average Bonchev–Trinajstić information content (AvgIpc) is 2.37. The van der Waals surface area contributed by atoms with Crippen molar-refractivity contribution < 1.29 is 5.11 Å². The van der Waals surface area contributed by atoms with E-state index in [2.05, 4.69) is 19.2 Å². The second-order valence-corrected chi connectivity index (χ2v) is 5.33. The lowest BCUT2D eigenvalue weighted by Gasteiger charge is -2.19. The zero-order valence-corrected chi connectivity index (χ0v) is 12.4. The molecule has 0 amide bonds. The molecule has 0 aliphatic rings. The highest BCUT2D eigenvalue weighted by molar-refractivity contribution is 6.33. The van der Waals surface area contributed by atoms with Gasteiger partial charge in [0.25, 0.3) is 0 Å². The van der Waals surface area contributed by atoms with Gasteiger partial charge in [-0.15, -0.1) is 0 Å². The first-order valence-corrected chi connectivity index (χ1v) is 7.20. The molecule has 4 heteroatoms. The lowest BCUT2D eigenvalue weighted by Crippen LogP contribution is -2.32. The van der Waals surface area contributed by atoms with E-state index in [-0.39, 0.29) is 0 Å². The second kappa shape index (κ2) is 8.00. The SMILES string of the molecule is CCCC(CC)NCC(O)c1cc(Cl)ccc1Cl. The van der Waals surface area contributed by atoms with E-state index >= 15 is 0 Å². The summed E-state index contributed by atoms with van der Waals surface area (Å²) >= 11 is 12.0. The molecule has 2 unspecified atom stereocenters. The number of aliphatic hydroxyl groups excluding tert-OH is 1. The molecule has 0 saturated carbocycles. The molecule has 0 saturated heterocycles. The third kappa shape index (κ3) is 4.77. The van der Waals surface area contributed by atoms with Crippen molar-refractivity contribution in [2.24, 2.45) is 0 Å². The molecule has 0 aliphatic heterocycles. The molecule has 1 aromatic carbocycles. The zero-order valence-electron chi connectivity index (χ0n) is 10.9. The maximum Gasteiger partial charge on any atom is 0.0929 e. The number of nitrogens with one attached hydrogen (secondary N) is 1. The number of aliphatic hydroxyl groups is 1. The van der Waals surface area contributed by atoms with Gasteiger partial charge in [-0.25, -0.2) is 0 Å². The molecule has 0 aromatic heterocycles. The van der Waals surface area contributed by atoms with Gasteiger partial charge in [-0.2, -0.15) is 0 Å². The predicted molar refractivity (Wildman–Crippen MR) is 78.4 cm³/mol. The lowest BCUT2D eigenvalue weighted by molar-refractivity contribution is 0.168. The van der Waals surface area contributed by atoms with Crippen LogP contribution in [0, 0.1) is 0 Å². The Hall–Kier alpha value is -0.280. The van der Waals surface area contributed by atoms with Crippen molar-refractivity contribution in [2.75, 3.05) is 6.54 Å². The van der Waals surface area contributed by atoms with Gasteiger partial charge >= 0.3 is 0 Å². The Labute approximate surface area is 119 Å². The molecule has 0 fully saturated rings. The zero-order chi connectivity index (χ0) is 13.5. The summed E-state index contributed by atoms with van der Waals surface area (Å²) in [5.74, 6) is 0. The van der Waals surface area contributed by atoms with Crippen LogP contribution in [-0.4, -0.2) is 17.7 Å². The fraction of sp³-hybridized carbons (Fsp3) is 0.571. The molecule has 1 aromatic rings. The van der Waals surface area contributed by atoms with Gasteiger partial charge < -0.3 is 10.4 Å². The Kier molecular flexibility index (Phi) is 7.02. The van der Waals surface area contributed by atoms with E-state index in [9.17, 15) is 5.11 Å². The Morgan fingerprint density at radius 2 is 2.00 bits per heavy atom. The summed E-state index contributed by atoms with van der Waals surface area (Å²) in [5.41, 5.74) is 0.683. The molecule has 0 radical (unpaired) electrons. The van der Waals surface area contributed by atoms with Crippen LogP contribution in [0.15, 0.2) is 18.2 Å². The third-order valence-electron chi connectivity index (χ3n) is 3.05. The van der Waals surface area contributed by atoms with Gasteiger partial charge in [-0.05, 0) is 31.0 Å². The highest BCUT2D eigenvalue weighted by atomic mass is 35.5. The van der Waals surface area contributed by atoms with Crippen LogP contribution in [0.25, 0.3) is 0 Å². The standard InChI is InChI=1S/C14H21Cl2NO/c1-3-5-11(4-2)17-9-14(18)12-8-10(15)6-7-13(12)16/h6-8,11,14,17-18H,3-5,9H2,1-2H3. The molecular formula is C14H21Cl2NO. The molecule has 2 nitrogen and oxygen atoms in total. The van der Waals surface area contributed by atoms with Crippen LogP contribution in [0.5, 0.6) is 0 Å². The van der Waals surface area contributed by atoms with Gasteiger partial charge in [0.2, 0.25) is 0 Å². The van der Waals surface area contributed by atoms with Gasteiger partial charge in [0.1, 0.15) is 0 Å². The van der Waals surface area contributed by atoms with Gasteiger partial charge in [0.05, 0.1) is 6.10 Å². The van der Waals surface area contributed by atoms with Crippen molar-refractivity contribution in [3.05, 3.63) is 33.8 Å². The van der Waals surface area contributed by atoms with Gasteiger partial charge in [-0.1, -0.05) is 43.5 Å². The predicted octanol–water partition coefficient (Wildman–Crippen LogP) is 4.20. The Morgan fingerprint density at radius 1 is 1.28 bits per heavy atom. The van der Waals surface area contributed by atoms with E-state index in [0.717, 1.165) is 19.3 Å². The van der Waals surface area contributed by atoms with Crippen molar-refractivity contribution in [1.82, 2.24) is 5.32 Å². The number of hydrogen-bond acceptors (Lipinski definition) is 2. The normalized spacial score (nSPS) is 14.5. The number of benzene rings is 1. The van der Waals surface area contributed by atoms with E-state index in [1.807, 2.05) is 0 Å². The smallest absolute Gasteiger partial charge is 0.0929 e. The second-order valence-electron chi connectivity index (χ2n) is 4.48. The fourth-order valence-corrected chi connectivity index (χ4v) is 2.38. The maximum atomic E-state index is 10.1. The third-order valence-corrected chi connectivity index (χ3v) is 3.63. The van der Waals surface area contributed by atoms with Crippen molar-refractivity contribution in [1.29, 1.82) is 0 Å². The minimum Gasteiger partial charge on any atom is -0.387 e. The fourth-order valence-electron chi connectivity index (χ4n) is 1.96. The summed E-state index contributed by atoms with van der Waals surface area (Å²) < 4.78 is 0. The first-order chi connectivity index (χ1) is 8.58. The van der Waals surface area contributed by atoms with Gasteiger partial charge in [-0.3, -0.25) is 0 Å². The molecule has 18 heavy (non-hydrogen) atoms. The molecule has 1 rings (SSSR count).